The van der Waals surface area contributed by atoms with Gasteiger partial charge in [-0.05, 0) is 37.3 Å². The molecule has 0 aliphatic carbocycles. The van der Waals surface area contributed by atoms with E-state index in [0.29, 0.717) is 22.8 Å². The maximum atomic E-state index is 13.2. The summed E-state index contributed by atoms with van der Waals surface area (Å²) in [6.07, 6.45) is 1.24. The number of halogens is 1. The third-order valence-electron chi connectivity index (χ3n) is 3.52. The van der Waals surface area contributed by atoms with Crippen LogP contribution in [-0.4, -0.2) is 21.7 Å². The molecule has 7 heteroatoms. The second-order valence-corrected chi connectivity index (χ2v) is 5.51. The zero-order chi connectivity index (χ0) is 18.5. The van der Waals surface area contributed by atoms with E-state index >= 15 is 0 Å². The Morgan fingerprint density at radius 2 is 1.73 bits per heavy atom. The van der Waals surface area contributed by atoms with Gasteiger partial charge < -0.3 is 10.6 Å². The zero-order valence-corrected chi connectivity index (χ0v) is 13.9. The second-order valence-electron chi connectivity index (χ2n) is 5.51. The average Bonchev–Trinajstić information content (AvgIpc) is 2.62. The quantitative estimate of drug-likeness (QED) is 0.684. The van der Waals surface area contributed by atoms with E-state index in [2.05, 4.69) is 20.6 Å². The number of carbonyl (C=O) groups is 2. The predicted molar refractivity (Wildman–Crippen MR) is 96.1 cm³/mol. The number of aromatic nitrogens is 2. The van der Waals surface area contributed by atoms with E-state index in [1.54, 1.807) is 36.4 Å². The van der Waals surface area contributed by atoms with Crippen molar-refractivity contribution in [1.82, 2.24) is 9.97 Å². The lowest BCUT2D eigenvalue weighted by molar-refractivity contribution is 0.100. The summed E-state index contributed by atoms with van der Waals surface area (Å²) < 4.78 is 13.2. The van der Waals surface area contributed by atoms with Gasteiger partial charge in [0.1, 0.15) is 23.7 Å². The van der Waals surface area contributed by atoms with Gasteiger partial charge in [-0.15, -0.1) is 0 Å². The summed E-state index contributed by atoms with van der Waals surface area (Å²) in [5.41, 5.74) is 1.62. The van der Waals surface area contributed by atoms with Crippen LogP contribution in [0.15, 0.2) is 60.9 Å². The number of benzene rings is 2. The van der Waals surface area contributed by atoms with E-state index < -0.39 is 5.91 Å². The van der Waals surface area contributed by atoms with Crippen LogP contribution in [0.5, 0.6) is 0 Å². The number of hydrogen-bond acceptors (Lipinski definition) is 5. The number of carbonyl (C=O) groups excluding carboxylic acids is 2. The number of ketones is 1. The molecule has 0 aliphatic rings. The molecule has 130 valence electrons. The lowest BCUT2D eigenvalue weighted by atomic mass is 10.1. The SMILES string of the molecule is CC(=O)c1cccc(NC(=O)c2cc(Nc3cccc(F)c3)ncn2)c1. The molecule has 2 aromatic carbocycles. The first-order valence-corrected chi connectivity index (χ1v) is 7.78. The van der Waals surface area contributed by atoms with E-state index in [4.69, 9.17) is 0 Å². The summed E-state index contributed by atoms with van der Waals surface area (Å²) in [7, 11) is 0. The van der Waals surface area contributed by atoms with Crippen molar-refractivity contribution < 1.29 is 14.0 Å². The monoisotopic (exact) mass is 350 g/mol. The van der Waals surface area contributed by atoms with Gasteiger partial charge in [-0.3, -0.25) is 9.59 Å². The maximum absolute atomic E-state index is 13.2. The van der Waals surface area contributed by atoms with Crippen molar-refractivity contribution >= 4 is 28.9 Å². The molecule has 0 saturated heterocycles. The zero-order valence-electron chi connectivity index (χ0n) is 13.9. The van der Waals surface area contributed by atoms with Crippen LogP contribution in [0, 0.1) is 5.82 Å². The van der Waals surface area contributed by atoms with Crippen molar-refractivity contribution in [2.75, 3.05) is 10.6 Å². The molecule has 0 fully saturated rings. The van der Waals surface area contributed by atoms with E-state index in [0.717, 1.165) is 0 Å². The number of nitrogens with one attached hydrogen (secondary N) is 2. The van der Waals surface area contributed by atoms with E-state index in [9.17, 15) is 14.0 Å². The first-order chi connectivity index (χ1) is 12.5. The molecule has 6 nitrogen and oxygen atoms in total. The molecule has 0 unspecified atom stereocenters. The lowest BCUT2D eigenvalue weighted by Crippen LogP contribution is -2.14. The van der Waals surface area contributed by atoms with Gasteiger partial charge in [0.05, 0.1) is 0 Å². The predicted octanol–water partition coefficient (Wildman–Crippen LogP) is 3.81. The van der Waals surface area contributed by atoms with Crippen LogP contribution in [-0.2, 0) is 0 Å². The van der Waals surface area contributed by atoms with Crippen LogP contribution in [0.25, 0.3) is 0 Å². The highest BCUT2D eigenvalue weighted by Crippen LogP contribution is 2.17. The molecule has 0 aliphatic heterocycles. The topological polar surface area (TPSA) is 84.0 Å². The first-order valence-electron chi connectivity index (χ1n) is 7.78. The van der Waals surface area contributed by atoms with Crippen molar-refractivity contribution in [3.05, 3.63) is 78.0 Å². The number of Topliss-reactive ketones (excluding diaryl/α,β-unsaturated/α-hetero) is 1. The second kappa shape index (κ2) is 7.52. The molecule has 26 heavy (non-hydrogen) atoms. The molecular weight excluding hydrogens is 335 g/mol. The first kappa shape index (κ1) is 17.2. The highest BCUT2D eigenvalue weighted by atomic mass is 19.1. The fourth-order valence-corrected chi connectivity index (χ4v) is 2.28. The van der Waals surface area contributed by atoms with Gasteiger partial charge >= 0.3 is 0 Å². The molecule has 0 radical (unpaired) electrons. The number of rotatable bonds is 5. The van der Waals surface area contributed by atoms with Crippen molar-refractivity contribution in [3.63, 3.8) is 0 Å². The fraction of sp³-hybridized carbons (Fsp3) is 0.0526. The largest absolute Gasteiger partial charge is 0.340 e. The molecular formula is C19H15FN4O2. The molecule has 0 bridgehead atoms. The van der Waals surface area contributed by atoms with E-state index in [1.807, 2.05) is 0 Å². The summed E-state index contributed by atoms with van der Waals surface area (Å²) in [6, 6.07) is 14.0. The summed E-state index contributed by atoms with van der Waals surface area (Å²) in [6.45, 7) is 1.45. The highest BCUT2D eigenvalue weighted by molar-refractivity contribution is 6.04. The minimum absolute atomic E-state index is 0.0929. The standard InChI is InChI=1S/C19H15FN4O2/c1-12(25)13-4-2-6-15(8-13)24-19(26)17-10-18(22-11-21-17)23-16-7-3-5-14(20)9-16/h2-11H,1H3,(H,24,26)(H,21,22,23). The molecule has 0 spiro atoms. The van der Waals surface area contributed by atoms with Crippen LogP contribution in [0.2, 0.25) is 0 Å². The molecule has 1 heterocycles. The van der Waals surface area contributed by atoms with E-state index in [-0.39, 0.29) is 17.3 Å². The molecule has 3 aromatic rings. The Hall–Kier alpha value is -3.61. The summed E-state index contributed by atoms with van der Waals surface area (Å²) in [5.74, 6) is -0.569. The smallest absolute Gasteiger partial charge is 0.274 e. The molecule has 0 atom stereocenters. The number of amides is 1. The maximum Gasteiger partial charge on any atom is 0.274 e. The van der Waals surface area contributed by atoms with Gasteiger partial charge in [-0.1, -0.05) is 18.2 Å². The van der Waals surface area contributed by atoms with Crippen molar-refractivity contribution in [2.45, 2.75) is 6.92 Å². The minimum atomic E-state index is -0.449. The van der Waals surface area contributed by atoms with Crippen LogP contribution >= 0.6 is 0 Å². The Balaban J connectivity index is 1.76. The summed E-state index contributed by atoms with van der Waals surface area (Å²) >= 11 is 0. The summed E-state index contributed by atoms with van der Waals surface area (Å²) in [4.78, 5) is 31.8. The van der Waals surface area contributed by atoms with E-state index in [1.165, 1.54) is 31.5 Å². The van der Waals surface area contributed by atoms with Gasteiger partial charge in [0, 0.05) is 23.0 Å². The molecule has 1 amide bonds. The third kappa shape index (κ3) is 4.27. The Kier molecular flexibility index (Phi) is 4.98. The van der Waals surface area contributed by atoms with Crippen LogP contribution in [0.4, 0.5) is 21.6 Å². The Bertz CT molecular complexity index is 975. The van der Waals surface area contributed by atoms with Gasteiger partial charge in [-0.25, -0.2) is 14.4 Å². The molecule has 1 aromatic heterocycles. The number of anilines is 3. The fourth-order valence-electron chi connectivity index (χ4n) is 2.28. The minimum Gasteiger partial charge on any atom is -0.340 e. The Labute approximate surface area is 149 Å². The van der Waals surface area contributed by atoms with Crippen LogP contribution < -0.4 is 10.6 Å². The van der Waals surface area contributed by atoms with Crippen LogP contribution in [0.3, 0.4) is 0 Å². The van der Waals surface area contributed by atoms with Crippen LogP contribution in [0.1, 0.15) is 27.8 Å². The lowest BCUT2D eigenvalue weighted by Gasteiger charge is -2.08. The van der Waals surface area contributed by atoms with Gasteiger partial charge in [0.2, 0.25) is 0 Å². The summed E-state index contributed by atoms with van der Waals surface area (Å²) in [5, 5.41) is 5.60. The average molecular weight is 350 g/mol. The Morgan fingerprint density at radius 3 is 2.50 bits per heavy atom. The number of nitrogens with zero attached hydrogens (tertiary/aromatic N) is 2. The van der Waals surface area contributed by atoms with Gasteiger partial charge in [0.25, 0.3) is 5.91 Å². The van der Waals surface area contributed by atoms with Crippen molar-refractivity contribution in [1.29, 1.82) is 0 Å². The van der Waals surface area contributed by atoms with Crippen molar-refractivity contribution in [2.24, 2.45) is 0 Å². The molecule has 0 saturated carbocycles. The Morgan fingerprint density at radius 1 is 0.962 bits per heavy atom. The highest BCUT2D eigenvalue weighted by Gasteiger charge is 2.10. The molecule has 3 rings (SSSR count). The third-order valence-corrected chi connectivity index (χ3v) is 3.52. The molecule has 2 N–H and O–H groups in total. The normalized spacial score (nSPS) is 10.2. The van der Waals surface area contributed by atoms with Gasteiger partial charge in [0.15, 0.2) is 5.78 Å². The van der Waals surface area contributed by atoms with Gasteiger partial charge in [-0.2, -0.15) is 0 Å². The van der Waals surface area contributed by atoms with Crippen molar-refractivity contribution in [3.8, 4) is 0 Å². The number of hydrogen-bond donors (Lipinski definition) is 2.